The number of H-pyrrole nitrogens is 1. The number of hydrogen-bond acceptors (Lipinski definition) is 4. The van der Waals surface area contributed by atoms with Gasteiger partial charge in [-0.1, -0.05) is 96.5 Å². The summed E-state index contributed by atoms with van der Waals surface area (Å²) in [5.41, 5.74) is 7.58. The first-order valence-corrected chi connectivity index (χ1v) is 14.2. The normalized spacial score (nSPS) is 11.9. The Morgan fingerprint density at radius 3 is 2.12 bits per heavy atom. The van der Waals surface area contributed by atoms with Gasteiger partial charge in [-0.15, -0.1) is 0 Å². The van der Waals surface area contributed by atoms with Crippen LogP contribution in [0.4, 0.5) is 5.69 Å². The van der Waals surface area contributed by atoms with Crippen molar-refractivity contribution in [1.29, 1.82) is 0 Å². The van der Waals surface area contributed by atoms with Crippen LogP contribution >= 0.6 is 11.8 Å². The van der Waals surface area contributed by atoms with Crippen molar-refractivity contribution in [3.8, 4) is 28.2 Å². The molecule has 8 heteroatoms. The highest BCUT2D eigenvalue weighted by atomic mass is 32.2. The summed E-state index contributed by atoms with van der Waals surface area (Å²) in [6, 6.07) is 26.0. The summed E-state index contributed by atoms with van der Waals surface area (Å²) >= 11 is 1.37. The van der Waals surface area contributed by atoms with Crippen molar-refractivity contribution < 1.29 is 4.79 Å². The number of hydrogen-bond donors (Lipinski definition) is 2. The molecule has 1 amide bonds. The van der Waals surface area contributed by atoms with E-state index in [1.165, 1.54) is 22.9 Å². The predicted octanol–water partition coefficient (Wildman–Crippen LogP) is 6.67. The van der Waals surface area contributed by atoms with E-state index in [-0.39, 0.29) is 17.2 Å². The van der Waals surface area contributed by atoms with Gasteiger partial charge in [-0.3, -0.25) is 14.3 Å². The fraction of sp³-hybridized carbons (Fsp3) is 0.219. The van der Waals surface area contributed by atoms with Crippen LogP contribution in [0.15, 0.2) is 88.8 Å². The van der Waals surface area contributed by atoms with Crippen molar-refractivity contribution in [2.45, 2.75) is 44.5 Å². The highest BCUT2D eigenvalue weighted by molar-refractivity contribution is 8.00. The maximum Gasteiger partial charge on any atom is 0.295 e. The fourth-order valence-corrected chi connectivity index (χ4v) is 5.54. The molecule has 0 radical (unpaired) electrons. The quantitative estimate of drug-likeness (QED) is 0.211. The second-order valence-corrected chi connectivity index (χ2v) is 11.1. The lowest BCUT2D eigenvalue weighted by atomic mass is 10.0. The molecule has 1 atom stereocenters. The highest BCUT2D eigenvalue weighted by Crippen LogP contribution is 2.35. The Morgan fingerprint density at radius 2 is 1.52 bits per heavy atom. The lowest BCUT2D eigenvalue weighted by molar-refractivity contribution is -0.115. The fourth-order valence-electron chi connectivity index (χ4n) is 4.63. The Balaban J connectivity index is 1.44. The van der Waals surface area contributed by atoms with Crippen LogP contribution in [0.3, 0.4) is 0 Å². The molecular formula is C32H33N5O2S. The first-order chi connectivity index (χ1) is 19.3. The number of aryl methyl sites for hydroxylation is 2. The van der Waals surface area contributed by atoms with Gasteiger partial charge in [0.1, 0.15) is 5.69 Å². The number of amides is 1. The van der Waals surface area contributed by atoms with Gasteiger partial charge >= 0.3 is 0 Å². The van der Waals surface area contributed by atoms with Gasteiger partial charge < -0.3 is 10.3 Å². The smallest absolute Gasteiger partial charge is 0.295 e. The minimum absolute atomic E-state index is 0.233. The van der Waals surface area contributed by atoms with Gasteiger partial charge in [0.05, 0.1) is 28.0 Å². The predicted molar refractivity (Wildman–Crippen MR) is 163 cm³/mol. The number of rotatable bonds is 8. The largest absolute Gasteiger partial charge is 0.332 e. The zero-order valence-corrected chi connectivity index (χ0v) is 24.2. The van der Waals surface area contributed by atoms with E-state index in [0.717, 1.165) is 28.2 Å². The van der Waals surface area contributed by atoms with Gasteiger partial charge in [0.15, 0.2) is 5.16 Å². The summed E-state index contributed by atoms with van der Waals surface area (Å²) in [5.74, 6) is -0.233. The van der Waals surface area contributed by atoms with Gasteiger partial charge in [0.2, 0.25) is 5.91 Å². The molecule has 0 spiro atoms. The zero-order valence-electron chi connectivity index (χ0n) is 23.4. The molecule has 2 aromatic heterocycles. The lowest BCUT2D eigenvalue weighted by Crippen LogP contribution is -2.28. The summed E-state index contributed by atoms with van der Waals surface area (Å²) in [7, 11) is 1.81. The topological polar surface area (TPSA) is 84.7 Å². The molecule has 0 aliphatic heterocycles. The van der Waals surface area contributed by atoms with Crippen molar-refractivity contribution in [2.75, 3.05) is 5.32 Å². The summed E-state index contributed by atoms with van der Waals surface area (Å²) in [5, 5.41) is 3.12. The Labute approximate surface area is 238 Å². The molecule has 0 aliphatic carbocycles. The van der Waals surface area contributed by atoms with Crippen LogP contribution in [0.1, 0.15) is 30.2 Å². The third-order valence-corrected chi connectivity index (χ3v) is 8.32. The van der Waals surface area contributed by atoms with Crippen molar-refractivity contribution in [2.24, 2.45) is 7.05 Å². The Morgan fingerprint density at radius 1 is 0.925 bits per heavy atom. The summed E-state index contributed by atoms with van der Waals surface area (Å²) in [6.07, 6.45) is 0.565. The number of imidazole rings is 1. The third-order valence-electron chi connectivity index (χ3n) is 7.07. The monoisotopic (exact) mass is 551 g/mol. The number of aromatic amines is 1. The van der Waals surface area contributed by atoms with Crippen LogP contribution in [0.25, 0.3) is 28.2 Å². The molecule has 2 heterocycles. The number of aromatic nitrogens is 4. The number of carbonyl (C=O) groups is 1. The number of anilines is 1. The third kappa shape index (κ3) is 5.40. The van der Waals surface area contributed by atoms with E-state index in [2.05, 4.69) is 72.7 Å². The number of carbonyl (C=O) groups excluding carboxylic acids is 1. The van der Waals surface area contributed by atoms with E-state index in [9.17, 15) is 9.59 Å². The maximum absolute atomic E-state index is 13.5. The number of nitrogens with one attached hydrogen (secondary N) is 2. The van der Waals surface area contributed by atoms with Crippen LogP contribution in [0.5, 0.6) is 0 Å². The Hall–Kier alpha value is -4.30. The Kier molecular flexibility index (Phi) is 7.80. The van der Waals surface area contributed by atoms with Crippen molar-refractivity contribution in [3.05, 3.63) is 106 Å². The van der Waals surface area contributed by atoms with E-state index in [4.69, 9.17) is 4.98 Å². The standard InChI is InChI=1S/C32H33N5O2S/c1-6-26(30(38)33-27-22(4)36(5)37(31(27)39)25-10-8-7-9-11-25)40-32-34-28(23-16-12-20(2)13-17-23)29(35-32)24-18-14-21(3)15-19-24/h7-19,26H,6H2,1-5H3,(H,33,38)(H,34,35). The van der Waals surface area contributed by atoms with E-state index >= 15 is 0 Å². The number of benzene rings is 3. The van der Waals surface area contributed by atoms with E-state index < -0.39 is 5.25 Å². The van der Waals surface area contributed by atoms with Gasteiger partial charge in [-0.2, -0.15) is 0 Å². The van der Waals surface area contributed by atoms with Crippen LogP contribution in [0.2, 0.25) is 0 Å². The molecular weight excluding hydrogens is 518 g/mol. The Bertz CT molecular complexity index is 1630. The minimum Gasteiger partial charge on any atom is -0.332 e. The number of thioether (sulfide) groups is 1. The molecule has 5 aromatic rings. The molecule has 204 valence electrons. The van der Waals surface area contributed by atoms with Crippen LogP contribution < -0.4 is 10.9 Å². The number of nitrogens with zero attached hydrogens (tertiary/aromatic N) is 3. The van der Waals surface area contributed by atoms with Gasteiger partial charge in [-0.05, 0) is 39.3 Å². The van der Waals surface area contributed by atoms with Crippen LogP contribution in [-0.2, 0) is 11.8 Å². The van der Waals surface area contributed by atoms with Crippen LogP contribution in [-0.4, -0.2) is 30.5 Å². The van der Waals surface area contributed by atoms with E-state index in [1.807, 2.05) is 51.2 Å². The van der Waals surface area contributed by atoms with Gasteiger partial charge in [-0.25, -0.2) is 9.67 Å². The van der Waals surface area contributed by atoms with Crippen molar-refractivity contribution >= 4 is 23.4 Å². The average molecular weight is 552 g/mol. The second kappa shape index (κ2) is 11.4. The summed E-state index contributed by atoms with van der Waals surface area (Å²) in [4.78, 5) is 35.2. The first kappa shape index (κ1) is 27.3. The van der Waals surface area contributed by atoms with Crippen molar-refractivity contribution in [1.82, 2.24) is 19.3 Å². The first-order valence-electron chi connectivity index (χ1n) is 13.3. The average Bonchev–Trinajstić information content (AvgIpc) is 3.47. The SMILES string of the molecule is CCC(Sc1nc(-c2ccc(C)cc2)c(-c2ccc(C)cc2)[nH]1)C(=O)Nc1c(C)n(C)n(-c2ccccc2)c1=O. The molecule has 3 aromatic carbocycles. The zero-order chi connectivity index (χ0) is 28.4. The molecule has 0 aliphatic rings. The summed E-state index contributed by atoms with van der Waals surface area (Å²) in [6.45, 7) is 7.91. The van der Waals surface area contributed by atoms with E-state index in [0.29, 0.717) is 17.3 Å². The lowest BCUT2D eigenvalue weighted by Gasteiger charge is -2.12. The molecule has 7 nitrogen and oxygen atoms in total. The highest BCUT2D eigenvalue weighted by Gasteiger charge is 2.25. The minimum atomic E-state index is -0.452. The van der Waals surface area contributed by atoms with Gasteiger partial charge in [0.25, 0.3) is 5.56 Å². The molecule has 1 unspecified atom stereocenters. The maximum atomic E-state index is 13.5. The molecule has 2 N–H and O–H groups in total. The van der Waals surface area contributed by atoms with Crippen molar-refractivity contribution in [3.63, 3.8) is 0 Å². The molecule has 0 saturated heterocycles. The molecule has 0 bridgehead atoms. The van der Waals surface area contributed by atoms with Crippen LogP contribution in [0, 0.1) is 20.8 Å². The van der Waals surface area contributed by atoms with Gasteiger partial charge in [0, 0.05) is 18.2 Å². The number of para-hydroxylation sites is 1. The molecule has 0 saturated carbocycles. The summed E-state index contributed by atoms with van der Waals surface area (Å²) < 4.78 is 3.32. The van der Waals surface area contributed by atoms with E-state index in [1.54, 1.807) is 9.36 Å². The molecule has 0 fully saturated rings. The molecule has 40 heavy (non-hydrogen) atoms. The molecule has 5 rings (SSSR count). The second-order valence-electron chi connectivity index (χ2n) is 9.94.